The average Bonchev–Trinajstić information content (AvgIpc) is 1.38. The molecule has 4 saturated carbocycles. The van der Waals surface area contributed by atoms with Crippen LogP contribution in [0.1, 0.15) is 111 Å². The van der Waals surface area contributed by atoms with Gasteiger partial charge in [0.25, 0.3) is 12.6 Å². The molecule has 4 aliphatic carbocycles. The van der Waals surface area contributed by atoms with Crippen molar-refractivity contribution >= 4 is 5.97 Å². The molecule has 508 valence electrons. The molecule has 23 unspecified atom stereocenters. The van der Waals surface area contributed by atoms with Gasteiger partial charge in [0.05, 0.1) is 23.7 Å². The Labute approximate surface area is 505 Å². The summed E-state index contributed by atoms with van der Waals surface area (Å²) >= 11 is 0. The lowest BCUT2D eigenvalue weighted by atomic mass is 9.41. The lowest BCUT2D eigenvalue weighted by Crippen LogP contribution is -2.64. The zero-order valence-electron chi connectivity index (χ0n) is 49.1. The second-order valence-electron chi connectivity index (χ2n) is 23.9. The molecule has 5 aliphatic rings. The molecule has 1 saturated heterocycles. The molecule has 1 aliphatic heterocycles. The van der Waals surface area contributed by atoms with Crippen molar-refractivity contribution < 1.29 is 161 Å². The van der Waals surface area contributed by atoms with Crippen LogP contribution < -0.4 is 0 Å². The first-order valence-corrected chi connectivity index (χ1v) is 29.1. The summed E-state index contributed by atoms with van der Waals surface area (Å²) in [5.74, 6) is -12.4. The van der Waals surface area contributed by atoms with Gasteiger partial charge in [0.1, 0.15) is 54.9 Å². The maximum atomic E-state index is 15.1. The highest BCUT2D eigenvalue weighted by molar-refractivity contribution is 5.77. The number of hydrogen-bond donors (Lipinski definition) is 24. The van der Waals surface area contributed by atoms with Gasteiger partial charge in [0, 0.05) is 52.1 Å². The van der Waals surface area contributed by atoms with E-state index in [4.69, 9.17) is 33.2 Å². The first-order valence-electron chi connectivity index (χ1n) is 29.1. The second-order valence-corrected chi connectivity index (χ2v) is 23.9. The predicted molar refractivity (Wildman–Crippen MR) is 293 cm³/mol. The number of carbonyl (C=O) groups excluding carboxylic acids is 1. The Morgan fingerprint density at radius 3 is 1.61 bits per heavy atom. The maximum absolute atomic E-state index is 15.1. The van der Waals surface area contributed by atoms with E-state index >= 15 is 4.79 Å². The van der Waals surface area contributed by atoms with Crippen molar-refractivity contribution in [2.45, 2.75) is 221 Å². The Balaban J connectivity index is 1.51. The van der Waals surface area contributed by atoms with Crippen molar-refractivity contribution in [2.24, 2.45) is 28.1 Å². The van der Waals surface area contributed by atoms with Crippen LogP contribution in [0.5, 0.6) is 0 Å². The van der Waals surface area contributed by atoms with Gasteiger partial charge < -0.3 is 156 Å². The number of hydrogen-bond acceptors (Lipinski definition) is 32. The fourth-order valence-electron chi connectivity index (χ4n) is 13.6. The molecule has 2 bridgehead atoms. The quantitative estimate of drug-likeness (QED) is 0.0133. The summed E-state index contributed by atoms with van der Waals surface area (Å²) in [6.07, 6.45) is -37.7. The third kappa shape index (κ3) is 15.8. The summed E-state index contributed by atoms with van der Waals surface area (Å²) in [4.78, 5) is 15.1. The summed E-state index contributed by atoms with van der Waals surface area (Å²) in [7, 11) is 0. The first kappa shape index (κ1) is 74.4. The molecule has 23 atom stereocenters. The molecule has 32 heteroatoms. The average molecular weight is 1280 g/mol. The lowest BCUT2D eigenvalue weighted by molar-refractivity contribution is -0.352. The van der Waals surface area contributed by atoms with Crippen molar-refractivity contribution in [1.82, 2.24) is 0 Å². The summed E-state index contributed by atoms with van der Waals surface area (Å²) in [5, 5.41) is 253. The normalized spacial score (nSPS) is 34.2. The summed E-state index contributed by atoms with van der Waals surface area (Å²) in [5.41, 5.74) is -3.99. The molecule has 0 radical (unpaired) electrons. The van der Waals surface area contributed by atoms with Crippen molar-refractivity contribution in [3.8, 4) is 0 Å². The summed E-state index contributed by atoms with van der Waals surface area (Å²) in [6, 6.07) is 0. The highest BCUT2D eigenvalue weighted by Gasteiger charge is 2.69. The van der Waals surface area contributed by atoms with E-state index in [2.05, 4.69) is 6.58 Å². The summed E-state index contributed by atoms with van der Waals surface area (Å²) in [6.45, 7) is 5.42. The molecule has 1 heterocycles. The van der Waals surface area contributed by atoms with E-state index in [0.717, 1.165) is 0 Å². The van der Waals surface area contributed by atoms with Crippen LogP contribution in [0, 0.1) is 28.1 Å². The highest BCUT2D eigenvalue weighted by Crippen LogP contribution is 2.73. The lowest BCUT2D eigenvalue weighted by Gasteiger charge is -2.64. The first-order chi connectivity index (χ1) is 41.2. The van der Waals surface area contributed by atoms with Crippen LogP contribution in [-0.4, -0.2) is 272 Å². The Morgan fingerprint density at radius 2 is 1.10 bits per heavy atom. The maximum Gasteiger partial charge on any atom is 0.314 e. The van der Waals surface area contributed by atoms with E-state index in [-0.39, 0.29) is 38.0 Å². The van der Waals surface area contributed by atoms with Crippen molar-refractivity contribution in [2.75, 3.05) is 33.0 Å². The molecule has 32 nitrogen and oxygen atoms in total. The molecule has 5 fully saturated rings. The van der Waals surface area contributed by atoms with E-state index in [1.807, 2.05) is 6.92 Å². The number of carbonyl (C=O) groups is 1. The molecule has 0 aromatic heterocycles. The fraction of sp³-hybridized carbons (Fsp3) is 0.804. The SMILES string of the molecule is C=C1CC23CCC4C(C)(C(=O)OC5OC(CO)C(O)C(OC(O)/C(O)=C(\O)C(O)CCO)C5OC(O)C(O)C(O)C(O)CC)CCCC4(C)C2CCC1(OC(O)/C(OC(O)/C(O)=C(/O)C(O)CCO)=C(/OC(O)/C(O)=C(\O)C(O)CCO)C(O)CCO)C3. The van der Waals surface area contributed by atoms with Gasteiger partial charge in [-0.25, -0.2) is 0 Å². The van der Waals surface area contributed by atoms with E-state index in [1.165, 1.54) is 6.92 Å². The molecular formula is C56H92O32. The standard InChI is InChI=1S/C56H92O32/c1-5-25(62)33(67)38(72)49(79)86-45-43(84-47(77)40(74)35(69)27(64)10-18-58)37(71)30(22-61)82-51(45)87-52(81)54(4)14-6-13-53(3)31(54)7-15-55-21-24(2)56(23-55,16-8-32(53)55)88-50(80)44(85-48(78)41(75)36(70)28(65)11-19-59)42(29(66)12-20-60)83-46(76)39(73)34(68)26(63)9-17-57/h25-33,37-38,43,45-51,57-80H,2,5-23H2,1,3-4H3/b39-34+,40-35+,41-36-,44-42-. The Bertz CT molecular complexity index is 2440. The van der Waals surface area contributed by atoms with Crippen molar-refractivity contribution in [1.29, 1.82) is 0 Å². The van der Waals surface area contributed by atoms with Crippen molar-refractivity contribution in [3.05, 3.63) is 58.2 Å². The second kappa shape index (κ2) is 31.3. The minimum atomic E-state index is -2.79. The smallest absolute Gasteiger partial charge is 0.314 e. The highest BCUT2D eigenvalue weighted by atomic mass is 16.8. The van der Waals surface area contributed by atoms with Crippen LogP contribution in [0.15, 0.2) is 58.2 Å². The number of esters is 1. The van der Waals surface area contributed by atoms with Crippen LogP contribution in [0.2, 0.25) is 0 Å². The van der Waals surface area contributed by atoms with Crippen LogP contribution in [0.4, 0.5) is 0 Å². The van der Waals surface area contributed by atoms with E-state index in [1.54, 1.807) is 6.92 Å². The number of rotatable bonds is 33. The van der Waals surface area contributed by atoms with Gasteiger partial charge in [-0.05, 0) is 93.0 Å². The Hall–Kier alpha value is -4.31. The van der Waals surface area contributed by atoms with E-state index < -0.39 is 243 Å². The third-order valence-electron chi connectivity index (χ3n) is 18.3. The van der Waals surface area contributed by atoms with Crippen LogP contribution in [0.3, 0.4) is 0 Å². The topological polar surface area (TPSA) is 567 Å². The fourth-order valence-corrected chi connectivity index (χ4v) is 13.6. The van der Waals surface area contributed by atoms with Gasteiger partial charge in [-0.2, -0.15) is 0 Å². The third-order valence-corrected chi connectivity index (χ3v) is 18.3. The molecule has 24 N–H and O–H groups in total. The van der Waals surface area contributed by atoms with Gasteiger partial charge >= 0.3 is 5.97 Å². The van der Waals surface area contributed by atoms with Crippen LogP contribution in [0.25, 0.3) is 0 Å². The molecule has 0 aromatic rings. The molecule has 5 rings (SSSR count). The minimum Gasteiger partial charge on any atom is -0.506 e. The zero-order valence-corrected chi connectivity index (χ0v) is 49.1. The monoisotopic (exact) mass is 1280 g/mol. The van der Waals surface area contributed by atoms with E-state index in [0.29, 0.717) is 37.7 Å². The number of aliphatic hydroxyl groups excluding tert-OH is 24. The van der Waals surface area contributed by atoms with Gasteiger partial charge in [0.2, 0.25) is 30.4 Å². The van der Waals surface area contributed by atoms with Crippen LogP contribution in [-0.2, 0) is 38.0 Å². The van der Waals surface area contributed by atoms with Gasteiger partial charge in [-0.3, -0.25) is 4.79 Å². The van der Waals surface area contributed by atoms with E-state index in [9.17, 15) is 123 Å². The minimum absolute atomic E-state index is 0.0557. The number of fused-ring (bicyclic) bond motifs is 3. The number of aliphatic hydroxyl groups is 24. The molecular weight excluding hydrogens is 1180 g/mol. The largest absolute Gasteiger partial charge is 0.506 e. The Morgan fingerprint density at radius 1 is 0.602 bits per heavy atom. The van der Waals surface area contributed by atoms with Gasteiger partial charge in [0.15, 0.2) is 46.9 Å². The number of ether oxygens (including phenoxy) is 7. The van der Waals surface area contributed by atoms with Crippen molar-refractivity contribution in [3.63, 3.8) is 0 Å². The zero-order chi connectivity index (χ0) is 66.1. The van der Waals surface area contributed by atoms with Gasteiger partial charge in [-0.1, -0.05) is 26.8 Å². The van der Waals surface area contributed by atoms with Gasteiger partial charge in [-0.15, -0.1) is 0 Å². The predicted octanol–water partition coefficient (Wildman–Crippen LogP) is -3.23. The molecule has 0 amide bonds. The molecule has 88 heavy (non-hydrogen) atoms. The molecule has 1 spiro atoms. The molecule has 0 aromatic carbocycles. The Kier molecular flexibility index (Phi) is 26.5. The van der Waals surface area contributed by atoms with Crippen LogP contribution >= 0.6 is 0 Å². The summed E-state index contributed by atoms with van der Waals surface area (Å²) < 4.78 is 40.4.